The van der Waals surface area contributed by atoms with E-state index in [4.69, 9.17) is 12.2 Å². The predicted octanol–water partition coefficient (Wildman–Crippen LogP) is 4.12. The molecule has 0 spiro atoms. The molecule has 0 saturated carbocycles. The van der Waals surface area contributed by atoms with Crippen LogP contribution < -0.4 is 0 Å². The van der Waals surface area contributed by atoms with E-state index in [0.717, 1.165) is 24.1 Å². The molecular formula is C22H23N3O2S. The van der Waals surface area contributed by atoms with Crippen LogP contribution in [-0.4, -0.2) is 38.6 Å². The Morgan fingerprint density at radius 1 is 1.04 bits per heavy atom. The number of carbonyl (C=O) groups is 1. The van der Waals surface area contributed by atoms with Crippen LogP contribution in [-0.2, 0) is 0 Å². The van der Waals surface area contributed by atoms with E-state index in [9.17, 15) is 9.90 Å². The number of rotatable bonds is 4. The largest absolute Gasteiger partial charge is 0.388 e. The minimum atomic E-state index is -0.487. The summed E-state index contributed by atoms with van der Waals surface area (Å²) in [5.74, 6) is 0.122. The van der Waals surface area contributed by atoms with Crippen LogP contribution in [0.3, 0.4) is 0 Å². The minimum absolute atomic E-state index is 0.0381. The maximum absolute atomic E-state index is 13.1. The van der Waals surface area contributed by atoms with Crippen LogP contribution in [0.2, 0.25) is 0 Å². The van der Waals surface area contributed by atoms with Gasteiger partial charge in [0.05, 0.1) is 6.10 Å². The first-order chi connectivity index (χ1) is 13.6. The van der Waals surface area contributed by atoms with Gasteiger partial charge < -0.3 is 15.0 Å². The summed E-state index contributed by atoms with van der Waals surface area (Å²) in [5, 5.41) is 10.7. The van der Waals surface area contributed by atoms with Crippen molar-refractivity contribution in [2.24, 2.45) is 5.92 Å². The summed E-state index contributed by atoms with van der Waals surface area (Å²) in [7, 11) is 0. The number of nitrogens with one attached hydrogen (secondary N) is 1. The monoisotopic (exact) mass is 393 g/mol. The maximum Gasteiger partial charge on any atom is 0.272 e. The summed E-state index contributed by atoms with van der Waals surface area (Å²) >= 11 is 5.39. The van der Waals surface area contributed by atoms with Crippen LogP contribution in [0.25, 0.3) is 5.69 Å². The van der Waals surface area contributed by atoms with Gasteiger partial charge in [-0.3, -0.25) is 9.36 Å². The van der Waals surface area contributed by atoms with Crippen LogP contribution >= 0.6 is 12.2 Å². The molecule has 1 amide bonds. The zero-order chi connectivity index (χ0) is 19.5. The Labute approximate surface area is 169 Å². The molecule has 4 rings (SSSR count). The average molecular weight is 394 g/mol. The van der Waals surface area contributed by atoms with Crippen molar-refractivity contribution in [1.29, 1.82) is 0 Å². The van der Waals surface area contributed by atoms with Crippen molar-refractivity contribution < 1.29 is 9.90 Å². The Morgan fingerprint density at radius 3 is 2.29 bits per heavy atom. The molecule has 6 heteroatoms. The number of carbonyl (C=O) groups excluding carboxylic acids is 1. The van der Waals surface area contributed by atoms with Gasteiger partial charge in [-0.25, -0.2) is 0 Å². The number of likely N-dealkylation sites (tertiary alicyclic amines) is 1. The first kappa shape index (κ1) is 18.7. The second-order valence-electron chi connectivity index (χ2n) is 7.14. The molecule has 3 aromatic rings. The van der Waals surface area contributed by atoms with Crippen LogP contribution in [0.1, 0.15) is 35.0 Å². The van der Waals surface area contributed by atoms with E-state index in [1.807, 2.05) is 65.6 Å². The van der Waals surface area contributed by atoms with Gasteiger partial charge in [-0.05, 0) is 48.7 Å². The average Bonchev–Trinajstić information content (AvgIpc) is 3.15. The smallest absolute Gasteiger partial charge is 0.272 e. The van der Waals surface area contributed by atoms with E-state index in [1.165, 1.54) is 0 Å². The normalized spacial score (nSPS) is 16.1. The van der Waals surface area contributed by atoms with Crippen LogP contribution in [0.4, 0.5) is 0 Å². The molecule has 1 aliphatic heterocycles. The number of aromatic nitrogens is 2. The van der Waals surface area contributed by atoms with Gasteiger partial charge in [0.1, 0.15) is 5.69 Å². The van der Waals surface area contributed by atoms with Gasteiger partial charge in [0.25, 0.3) is 5.91 Å². The zero-order valence-corrected chi connectivity index (χ0v) is 16.3. The lowest BCUT2D eigenvalue weighted by Crippen LogP contribution is -2.40. The van der Waals surface area contributed by atoms with Gasteiger partial charge in [-0.2, -0.15) is 0 Å². The quantitative estimate of drug-likeness (QED) is 0.656. The molecule has 1 unspecified atom stereocenters. The first-order valence-corrected chi connectivity index (χ1v) is 9.94. The second kappa shape index (κ2) is 8.12. The lowest BCUT2D eigenvalue weighted by Gasteiger charge is -2.34. The molecule has 2 heterocycles. The lowest BCUT2D eigenvalue weighted by atomic mass is 9.87. The Bertz CT molecular complexity index is 989. The summed E-state index contributed by atoms with van der Waals surface area (Å²) < 4.78 is 2.28. The number of aliphatic hydroxyl groups is 1. The number of hydrogen-bond acceptors (Lipinski definition) is 3. The second-order valence-corrected chi connectivity index (χ2v) is 7.52. The fraction of sp³-hybridized carbons (Fsp3) is 0.273. The third-order valence-electron chi connectivity index (χ3n) is 5.42. The molecule has 2 N–H and O–H groups in total. The van der Waals surface area contributed by atoms with Gasteiger partial charge in [0.2, 0.25) is 0 Å². The molecule has 1 saturated heterocycles. The Balaban J connectivity index is 1.48. The number of para-hydroxylation sites is 1. The summed E-state index contributed by atoms with van der Waals surface area (Å²) in [6.45, 7) is 1.25. The molecule has 1 fully saturated rings. The van der Waals surface area contributed by atoms with Crippen LogP contribution in [0.5, 0.6) is 0 Å². The van der Waals surface area contributed by atoms with Crippen molar-refractivity contribution in [2.75, 3.05) is 13.1 Å². The van der Waals surface area contributed by atoms with Crippen molar-refractivity contribution in [1.82, 2.24) is 14.5 Å². The van der Waals surface area contributed by atoms with Crippen molar-refractivity contribution in [3.05, 3.63) is 82.9 Å². The van der Waals surface area contributed by atoms with E-state index in [-0.39, 0.29) is 11.8 Å². The van der Waals surface area contributed by atoms with Gasteiger partial charge in [0, 0.05) is 25.0 Å². The Kier molecular flexibility index (Phi) is 5.41. The molecular weight excluding hydrogens is 370 g/mol. The number of hydrogen-bond donors (Lipinski definition) is 2. The third-order valence-corrected chi connectivity index (χ3v) is 5.72. The minimum Gasteiger partial charge on any atom is -0.388 e. The van der Waals surface area contributed by atoms with Crippen LogP contribution in [0.15, 0.2) is 66.9 Å². The van der Waals surface area contributed by atoms with E-state index in [0.29, 0.717) is 23.6 Å². The van der Waals surface area contributed by atoms with E-state index in [1.54, 1.807) is 10.8 Å². The molecule has 28 heavy (non-hydrogen) atoms. The third kappa shape index (κ3) is 3.66. The molecule has 0 bridgehead atoms. The number of nitrogens with zero attached hydrogens (tertiary/aromatic N) is 2. The number of amides is 1. The number of imidazole rings is 1. The van der Waals surface area contributed by atoms with Gasteiger partial charge in [0.15, 0.2) is 4.77 Å². The maximum atomic E-state index is 13.1. The highest BCUT2D eigenvalue weighted by molar-refractivity contribution is 7.71. The van der Waals surface area contributed by atoms with Gasteiger partial charge >= 0.3 is 0 Å². The Morgan fingerprint density at radius 2 is 1.64 bits per heavy atom. The molecule has 1 aromatic heterocycles. The highest BCUT2D eigenvalue weighted by Crippen LogP contribution is 2.31. The zero-order valence-electron chi connectivity index (χ0n) is 15.5. The molecule has 1 atom stereocenters. The summed E-state index contributed by atoms with van der Waals surface area (Å²) in [4.78, 5) is 18.0. The predicted molar refractivity (Wildman–Crippen MR) is 111 cm³/mol. The van der Waals surface area contributed by atoms with E-state index >= 15 is 0 Å². The summed E-state index contributed by atoms with van der Waals surface area (Å²) in [6.07, 6.45) is 2.75. The van der Waals surface area contributed by atoms with Gasteiger partial charge in [-0.1, -0.05) is 48.5 Å². The fourth-order valence-electron chi connectivity index (χ4n) is 3.86. The van der Waals surface area contributed by atoms with E-state index in [2.05, 4.69) is 4.98 Å². The topological polar surface area (TPSA) is 61.3 Å². The number of benzene rings is 2. The van der Waals surface area contributed by atoms with E-state index < -0.39 is 6.10 Å². The Hall–Kier alpha value is -2.70. The molecule has 5 nitrogen and oxygen atoms in total. The fourth-order valence-corrected chi connectivity index (χ4v) is 4.12. The number of piperidine rings is 1. The standard InChI is InChI=1S/C22H23N3O2S/c26-20(16-7-3-1-4-8-16)17-11-13-24(14-12-17)21(27)19-15-23-22(28)25(19)18-9-5-2-6-10-18/h1-10,15,17,20,26H,11-14H2,(H,23,28). The van der Waals surface area contributed by atoms with Gasteiger partial charge in [-0.15, -0.1) is 0 Å². The SMILES string of the molecule is O=C(c1c[nH]c(=S)n1-c1ccccc1)N1CCC(C(O)c2ccccc2)CC1. The van der Waals surface area contributed by atoms with Crippen LogP contribution in [0, 0.1) is 10.7 Å². The number of aromatic amines is 1. The highest BCUT2D eigenvalue weighted by atomic mass is 32.1. The van der Waals surface area contributed by atoms with Crippen molar-refractivity contribution >= 4 is 18.1 Å². The summed E-state index contributed by atoms with van der Waals surface area (Å²) in [5.41, 5.74) is 2.35. The first-order valence-electron chi connectivity index (χ1n) is 9.53. The van der Waals surface area contributed by atoms with Crippen molar-refractivity contribution in [3.63, 3.8) is 0 Å². The van der Waals surface area contributed by atoms with Crippen molar-refractivity contribution in [2.45, 2.75) is 18.9 Å². The molecule has 2 aromatic carbocycles. The number of aliphatic hydroxyl groups excluding tert-OH is 1. The molecule has 0 aliphatic carbocycles. The summed E-state index contributed by atoms with van der Waals surface area (Å²) in [6, 6.07) is 19.4. The highest BCUT2D eigenvalue weighted by Gasteiger charge is 2.30. The molecule has 144 valence electrons. The lowest BCUT2D eigenvalue weighted by molar-refractivity contribution is 0.0457. The molecule has 1 aliphatic rings. The van der Waals surface area contributed by atoms with Crippen molar-refractivity contribution in [3.8, 4) is 5.69 Å². The number of H-pyrrole nitrogens is 1. The molecule has 0 radical (unpaired) electrons.